The minimum atomic E-state index is -2.60. The van der Waals surface area contributed by atoms with E-state index in [-0.39, 0.29) is 31.0 Å². The zero-order chi connectivity index (χ0) is 6.28. The number of rotatable bonds is 0. The zero-order valence-electron chi connectivity index (χ0n) is 4.94. The van der Waals surface area contributed by atoms with Gasteiger partial charge in [-0.1, -0.05) is 0 Å². The molecule has 8 heavy (non-hydrogen) atoms. The molecule has 0 saturated carbocycles. The predicted molar refractivity (Wildman–Crippen MR) is 10.9 cm³/mol. The van der Waals surface area contributed by atoms with Crippen LogP contribution in [0.5, 0.6) is 0 Å². The van der Waals surface area contributed by atoms with E-state index < -0.39 is 10.8 Å². The first-order valence-electron chi connectivity index (χ1n) is 0.860. The zero-order valence-corrected chi connectivity index (χ0v) is 6.70. The van der Waals surface area contributed by atoms with E-state index in [1.807, 2.05) is 0 Å². The molecule has 0 atom stereocenters. The van der Waals surface area contributed by atoms with Crippen LogP contribution < -0.4 is 38.9 Å². The quantitative estimate of drug-likeness (QED) is 0.205. The Hall–Kier alpha value is 0.570. The number of hydrogen-bond acceptors (Lipinski definition) is 5. The second kappa shape index (κ2) is 15.6. The largest absolute Gasteiger partial charge is 1.00 e. The molecule has 0 amide bonds. The molecule has 0 radical (unpaired) electrons. The molecule has 46 valence electrons. The van der Waals surface area contributed by atoms with Gasteiger partial charge in [-0.05, 0) is 0 Å². The first kappa shape index (κ1) is 15.8. The molecule has 0 spiro atoms. The van der Waals surface area contributed by atoms with Gasteiger partial charge in [-0.2, -0.15) is 0 Å². The second-order valence-corrected chi connectivity index (χ2v) is 0.685. The Morgan fingerprint density at radius 1 is 1.62 bits per heavy atom. The first-order valence-corrected chi connectivity index (χ1v) is 1.82. The van der Waals surface area contributed by atoms with Crippen LogP contribution in [-0.4, -0.2) is 9.87 Å². The van der Waals surface area contributed by atoms with Crippen molar-refractivity contribution in [3.63, 3.8) is 0 Å². The molecule has 0 unspecified atom stereocenters. The van der Waals surface area contributed by atoms with Gasteiger partial charge < -0.3 is 16.0 Å². The van der Waals surface area contributed by atoms with Gasteiger partial charge >= 0.3 is 29.6 Å². The van der Waals surface area contributed by atoms with Crippen LogP contribution in [0, 0.1) is 15.7 Å². The van der Waals surface area contributed by atoms with Gasteiger partial charge in [-0.3, -0.25) is 0 Å². The molecular weight excluding hydrogens is 152 g/mol. The van der Waals surface area contributed by atoms with Gasteiger partial charge in [0.2, 0.25) is 0 Å². The fraction of sp³-hybridized carbons (Fsp3) is 0. The maximum atomic E-state index is 8.52. The van der Waals surface area contributed by atoms with Crippen molar-refractivity contribution in [1.82, 2.24) is 0 Å². The van der Waals surface area contributed by atoms with E-state index in [1.165, 1.54) is 5.34 Å². The summed E-state index contributed by atoms with van der Waals surface area (Å²) in [6, 6.07) is 0. The molecule has 8 heteroatoms. The molecule has 0 aromatic carbocycles. The average Bonchev–Trinajstić information content (AvgIpc) is 1.33. The van der Waals surface area contributed by atoms with E-state index >= 15 is 0 Å². The van der Waals surface area contributed by atoms with Gasteiger partial charge in [0.25, 0.3) is 10.8 Å². The molecule has 0 bridgehead atoms. The Morgan fingerprint density at radius 2 is 1.62 bits per heavy atom. The van der Waals surface area contributed by atoms with Gasteiger partial charge in [0.1, 0.15) is 0 Å². The number of nitrogens with zero attached hydrogens (tertiary/aromatic N) is 1. The summed E-state index contributed by atoms with van der Waals surface area (Å²) in [5.41, 5.74) is 0. The van der Waals surface area contributed by atoms with Crippen molar-refractivity contribution in [2.24, 2.45) is 5.34 Å². The minimum absolute atomic E-state index is 0. The number of hydrogen-bond donors (Lipinski definition) is 2. The Bertz CT molecular complexity index is 41.2. The normalized spacial score (nSPS) is 6.00. The molecule has 0 aliphatic rings. The van der Waals surface area contributed by atoms with Gasteiger partial charge in [0, 0.05) is 4.66 Å². The maximum absolute atomic E-state index is 8.52. The summed E-state index contributed by atoms with van der Waals surface area (Å²) in [7, 11) is -2.60. The van der Waals surface area contributed by atoms with E-state index in [0.29, 0.717) is 0 Å². The molecule has 0 aromatic rings. The van der Waals surface area contributed by atoms with Crippen molar-refractivity contribution in [2.75, 3.05) is 0 Å². The average molecular weight is 155 g/mol. The monoisotopic (exact) mass is 155 g/mol. The van der Waals surface area contributed by atoms with Crippen molar-refractivity contribution in [3.8, 4) is 0 Å². The van der Waals surface area contributed by atoms with Gasteiger partial charge in [-0.25, -0.2) is 0 Å². The number of halogens is 1. The Kier molecular flexibility index (Phi) is 31.0. The summed E-state index contributed by atoms with van der Waals surface area (Å²) in [5, 5.41) is 7.89. The van der Waals surface area contributed by atoms with E-state index in [2.05, 4.69) is 0 Å². The van der Waals surface area contributed by atoms with Crippen LogP contribution in [0.15, 0.2) is 5.34 Å². The molecule has 0 aromatic heterocycles. The molecular formula is H3ClNNaO5. The Labute approximate surface area is 71.2 Å². The van der Waals surface area contributed by atoms with E-state index in [0.717, 1.165) is 0 Å². The van der Waals surface area contributed by atoms with E-state index in [4.69, 9.17) is 24.1 Å². The third kappa shape index (κ3) is 627. The minimum Gasteiger partial charge on any atom is -1.00 e. The molecule has 0 rings (SSSR count). The molecule has 0 heterocycles. The summed E-state index contributed by atoms with van der Waals surface area (Å²) in [6.45, 7) is 0. The smallest absolute Gasteiger partial charge is 1.00 e. The van der Waals surface area contributed by atoms with Crippen LogP contribution >= 0.6 is 0 Å². The van der Waals surface area contributed by atoms with Gasteiger partial charge in [-0.15, -0.1) is 4.91 Å². The fourth-order valence-electron chi connectivity index (χ4n) is 0. The second-order valence-electron chi connectivity index (χ2n) is 0.283. The third-order valence-corrected chi connectivity index (χ3v) is 0. The van der Waals surface area contributed by atoms with Crippen LogP contribution in [-0.2, 0) is 0 Å². The Morgan fingerprint density at radius 3 is 1.62 bits per heavy atom. The van der Waals surface area contributed by atoms with Crippen LogP contribution in [0.4, 0.5) is 0 Å². The molecule has 6 nitrogen and oxygen atoms in total. The molecule has 2 N–H and O–H groups in total. The van der Waals surface area contributed by atoms with Crippen LogP contribution in [0.2, 0.25) is 0 Å². The summed E-state index contributed by atoms with van der Waals surface area (Å²) < 4.78 is 24.0. The molecule has 0 aliphatic carbocycles. The Balaban J connectivity index is -0.0000000233. The summed E-state index contributed by atoms with van der Waals surface area (Å²) in [5.74, 6) is 0. The topological polar surface area (TPSA) is 116 Å². The van der Waals surface area contributed by atoms with E-state index in [1.54, 1.807) is 0 Å². The molecule has 0 fully saturated rings. The van der Waals surface area contributed by atoms with Gasteiger partial charge in [0.15, 0.2) is 5.34 Å². The van der Waals surface area contributed by atoms with Crippen molar-refractivity contribution >= 4 is 0 Å². The summed E-state index contributed by atoms with van der Waals surface area (Å²) in [6.07, 6.45) is 0. The summed E-state index contributed by atoms with van der Waals surface area (Å²) >= 11 is 0. The third-order valence-electron chi connectivity index (χ3n) is 0. The molecule has 0 aliphatic heterocycles. The van der Waals surface area contributed by atoms with Crippen LogP contribution in [0.1, 0.15) is 1.43 Å². The van der Waals surface area contributed by atoms with Crippen LogP contribution in [0.25, 0.3) is 0 Å². The van der Waals surface area contributed by atoms with E-state index in [9.17, 15) is 0 Å². The first-order chi connectivity index (χ1) is 3.15. The summed E-state index contributed by atoms with van der Waals surface area (Å²) in [4.78, 5) is 8.11. The van der Waals surface area contributed by atoms with Gasteiger partial charge in [0.05, 0.1) is 0 Å². The van der Waals surface area contributed by atoms with Crippen molar-refractivity contribution in [1.29, 1.82) is 0 Å². The van der Waals surface area contributed by atoms with Crippen molar-refractivity contribution in [3.05, 3.63) is 4.91 Å². The predicted octanol–water partition coefficient (Wildman–Crippen LogP) is -5.68. The fourth-order valence-corrected chi connectivity index (χ4v) is 0. The van der Waals surface area contributed by atoms with Crippen molar-refractivity contribution in [2.45, 2.75) is 0 Å². The maximum Gasteiger partial charge on any atom is 1.00 e. The SMILES string of the molecule is O=NO.[H-].[Na+].[O-][Cl+2]([O-])O. The molecule has 0 saturated heterocycles. The van der Waals surface area contributed by atoms with Crippen molar-refractivity contribution < 1.29 is 61.0 Å². The standard InChI is InChI=1S/ClHO3.HNO2.Na.H/c2-1(3)4;2-1-3;;/h2H;(H,2,3);;/q;;+1;-1. The van der Waals surface area contributed by atoms with Crippen LogP contribution in [0.3, 0.4) is 0 Å².